The number of hydrogen-bond acceptors (Lipinski definition) is 3. The van der Waals surface area contributed by atoms with Crippen molar-refractivity contribution < 1.29 is 14.3 Å². The van der Waals surface area contributed by atoms with Crippen molar-refractivity contribution in [1.82, 2.24) is 0 Å². The van der Waals surface area contributed by atoms with E-state index in [0.717, 1.165) is 12.8 Å². The van der Waals surface area contributed by atoms with Gasteiger partial charge in [0.1, 0.15) is 6.61 Å². The van der Waals surface area contributed by atoms with E-state index in [1.54, 1.807) is 0 Å². The van der Waals surface area contributed by atoms with Gasteiger partial charge in [-0.1, -0.05) is 13.8 Å². The first-order valence-electron chi connectivity index (χ1n) is 5.89. The molecule has 1 aliphatic rings. The second kappa shape index (κ2) is 6.11. The number of carbonyl (C=O) groups excluding carboxylic acids is 1. The van der Waals surface area contributed by atoms with Gasteiger partial charge in [0.25, 0.3) is 0 Å². The van der Waals surface area contributed by atoms with Gasteiger partial charge in [-0.25, -0.2) is 4.79 Å². The maximum absolute atomic E-state index is 11.1. The predicted molar refractivity (Wildman–Crippen MR) is 58.6 cm³/mol. The van der Waals surface area contributed by atoms with E-state index in [2.05, 4.69) is 13.8 Å². The Bertz CT molecular complexity index is 193. The Morgan fingerprint density at radius 3 is 2.33 bits per heavy atom. The Labute approximate surface area is 92.1 Å². The monoisotopic (exact) mass is 214 g/mol. The van der Waals surface area contributed by atoms with Crippen LogP contribution >= 0.6 is 0 Å². The van der Waals surface area contributed by atoms with Gasteiger partial charge in [0, 0.05) is 0 Å². The third-order valence-corrected chi connectivity index (χ3v) is 2.88. The van der Waals surface area contributed by atoms with Crippen molar-refractivity contribution in [3.63, 3.8) is 0 Å². The van der Waals surface area contributed by atoms with Crippen LogP contribution in [0.5, 0.6) is 0 Å². The van der Waals surface area contributed by atoms with Crippen LogP contribution < -0.4 is 0 Å². The summed E-state index contributed by atoms with van der Waals surface area (Å²) in [7, 11) is 0. The lowest BCUT2D eigenvalue weighted by Crippen LogP contribution is -2.28. The second-order valence-corrected chi connectivity index (χ2v) is 4.66. The summed E-state index contributed by atoms with van der Waals surface area (Å²) >= 11 is 0. The van der Waals surface area contributed by atoms with E-state index >= 15 is 0 Å². The molecule has 1 saturated carbocycles. The van der Waals surface area contributed by atoms with Crippen LogP contribution in [0.4, 0.5) is 0 Å². The Morgan fingerprint density at radius 2 is 1.80 bits per heavy atom. The normalized spacial score (nSPS) is 31.3. The van der Waals surface area contributed by atoms with Gasteiger partial charge >= 0.3 is 5.97 Å². The predicted octanol–water partition coefficient (Wildman–Crippen LogP) is 2.39. The quantitative estimate of drug-likeness (QED) is 0.674. The zero-order chi connectivity index (χ0) is 11.3. The minimum Gasteiger partial charge on any atom is -0.464 e. The lowest BCUT2D eigenvalue weighted by Gasteiger charge is -2.31. The summed E-state index contributed by atoms with van der Waals surface area (Å²) in [5.41, 5.74) is 0. The highest BCUT2D eigenvalue weighted by Crippen LogP contribution is 2.30. The van der Waals surface area contributed by atoms with Gasteiger partial charge in [0.15, 0.2) is 0 Å². The zero-order valence-electron chi connectivity index (χ0n) is 9.99. The smallest absolute Gasteiger partial charge is 0.332 e. The fourth-order valence-corrected chi connectivity index (χ4v) is 2.40. The van der Waals surface area contributed by atoms with Gasteiger partial charge < -0.3 is 9.47 Å². The van der Waals surface area contributed by atoms with Gasteiger partial charge in [-0.2, -0.15) is 0 Å². The Balaban J connectivity index is 2.23. The zero-order valence-corrected chi connectivity index (χ0v) is 9.99. The first-order valence-corrected chi connectivity index (χ1v) is 5.89. The summed E-state index contributed by atoms with van der Waals surface area (Å²) in [4.78, 5) is 11.1. The molecule has 0 bridgehead atoms. The van der Waals surface area contributed by atoms with E-state index in [0.29, 0.717) is 18.4 Å². The third-order valence-electron chi connectivity index (χ3n) is 2.88. The van der Waals surface area contributed by atoms with Crippen LogP contribution in [0.15, 0.2) is 0 Å². The van der Waals surface area contributed by atoms with Crippen LogP contribution in [0.1, 0.15) is 40.0 Å². The van der Waals surface area contributed by atoms with Gasteiger partial charge in [-0.05, 0) is 38.0 Å². The Morgan fingerprint density at radius 1 is 1.20 bits per heavy atom. The minimum absolute atomic E-state index is 0.109. The maximum atomic E-state index is 11.1. The molecule has 0 amide bonds. The van der Waals surface area contributed by atoms with Crippen molar-refractivity contribution in [1.29, 1.82) is 0 Å². The molecular weight excluding hydrogens is 192 g/mol. The van der Waals surface area contributed by atoms with Crippen molar-refractivity contribution in [3.8, 4) is 0 Å². The Kier molecular flexibility index (Phi) is 5.09. The Hall–Kier alpha value is -0.570. The van der Waals surface area contributed by atoms with Gasteiger partial charge in [0.05, 0.1) is 12.7 Å². The molecule has 1 fully saturated rings. The molecule has 0 saturated heterocycles. The van der Waals surface area contributed by atoms with Crippen LogP contribution in [0.3, 0.4) is 0 Å². The molecule has 3 heteroatoms. The molecule has 2 atom stereocenters. The highest BCUT2D eigenvalue weighted by atomic mass is 16.6. The lowest BCUT2D eigenvalue weighted by atomic mass is 9.82. The van der Waals surface area contributed by atoms with Crippen LogP contribution in [-0.4, -0.2) is 25.3 Å². The molecule has 15 heavy (non-hydrogen) atoms. The van der Waals surface area contributed by atoms with Crippen LogP contribution in [-0.2, 0) is 14.3 Å². The molecule has 0 heterocycles. The first-order chi connectivity index (χ1) is 7.11. The summed E-state index contributed by atoms with van der Waals surface area (Å²) in [5.74, 6) is 1.17. The van der Waals surface area contributed by atoms with E-state index in [1.807, 2.05) is 6.92 Å². The van der Waals surface area contributed by atoms with Crippen molar-refractivity contribution in [2.75, 3.05) is 13.2 Å². The highest BCUT2D eigenvalue weighted by Gasteiger charge is 2.24. The fourth-order valence-electron chi connectivity index (χ4n) is 2.40. The van der Waals surface area contributed by atoms with Crippen molar-refractivity contribution in [2.45, 2.75) is 46.1 Å². The molecule has 0 aliphatic heterocycles. The molecular formula is C12H22O3. The SMILES string of the molecule is CCOC(=O)COC1CC(C)CC(C)C1. The van der Waals surface area contributed by atoms with Crippen LogP contribution in [0.2, 0.25) is 0 Å². The summed E-state index contributed by atoms with van der Waals surface area (Å²) in [6, 6.07) is 0. The average Bonchev–Trinajstić information content (AvgIpc) is 2.14. The summed E-state index contributed by atoms with van der Waals surface area (Å²) in [6.45, 7) is 6.84. The number of ether oxygens (including phenoxy) is 2. The van der Waals surface area contributed by atoms with Gasteiger partial charge in [0.2, 0.25) is 0 Å². The van der Waals surface area contributed by atoms with Crippen LogP contribution in [0.25, 0.3) is 0 Å². The topological polar surface area (TPSA) is 35.5 Å². The highest BCUT2D eigenvalue weighted by molar-refractivity contribution is 5.70. The van der Waals surface area contributed by atoms with E-state index in [4.69, 9.17) is 9.47 Å². The summed E-state index contributed by atoms with van der Waals surface area (Å²) < 4.78 is 10.4. The van der Waals surface area contributed by atoms with Crippen LogP contribution in [0, 0.1) is 11.8 Å². The summed E-state index contributed by atoms with van der Waals surface area (Å²) in [5, 5.41) is 0. The molecule has 0 spiro atoms. The van der Waals surface area contributed by atoms with E-state index < -0.39 is 0 Å². The van der Waals surface area contributed by atoms with E-state index in [9.17, 15) is 4.79 Å². The molecule has 1 rings (SSSR count). The van der Waals surface area contributed by atoms with Gasteiger partial charge in [-0.15, -0.1) is 0 Å². The third kappa shape index (κ3) is 4.65. The number of rotatable bonds is 4. The molecule has 0 aromatic carbocycles. The van der Waals surface area contributed by atoms with Crippen molar-refractivity contribution >= 4 is 5.97 Å². The molecule has 0 aromatic heterocycles. The van der Waals surface area contributed by atoms with Crippen molar-refractivity contribution in [3.05, 3.63) is 0 Å². The number of hydrogen-bond donors (Lipinski definition) is 0. The molecule has 0 aromatic rings. The number of carbonyl (C=O) groups is 1. The van der Waals surface area contributed by atoms with E-state index in [1.165, 1.54) is 6.42 Å². The largest absolute Gasteiger partial charge is 0.464 e. The van der Waals surface area contributed by atoms with E-state index in [-0.39, 0.29) is 18.7 Å². The molecule has 3 nitrogen and oxygen atoms in total. The molecule has 2 unspecified atom stereocenters. The molecule has 1 aliphatic carbocycles. The average molecular weight is 214 g/mol. The number of esters is 1. The molecule has 0 N–H and O–H groups in total. The standard InChI is InChI=1S/C12H22O3/c1-4-14-12(13)8-15-11-6-9(2)5-10(3)7-11/h9-11H,4-8H2,1-3H3. The minimum atomic E-state index is -0.247. The molecule has 0 radical (unpaired) electrons. The van der Waals surface area contributed by atoms with Gasteiger partial charge in [-0.3, -0.25) is 0 Å². The first kappa shape index (κ1) is 12.5. The fraction of sp³-hybridized carbons (Fsp3) is 0.917. The van der Waals surface area contributed by atoms with Crippen molar-refractivity contribution in [2.24, 2.45) is 11.8 Å². The molecule has 88 valence electrons. The second-order valence-electron chi connectivity index (χ2n) is 4.66. The maximum Gasteiger partial charge on any atom is 0.332 e. The summed E-state index contributed by atoms with van der Waals surface area (Å²) in [6.07, 6.45) is 3.67. The lowest BCUT2D eigenvalue weighted by molar-refractivity contribution is -0.151.